The lowest BCUT2D eigenvalue weighted by Gasteiger charge is -2.07. The molecule has 4 rings (SSSR count). The van der Waals surface area contributed by atoms with Crippen molar-refractivity contribution in [1.82, 2.24) is 19.2 Å². The van der Waals surface area contributed by atoms with E-state index in [0.717, 1.165) is 28.0 Å². The summed E-state index contributed by atoms with van der Waals surface area (Å²) in [5.41, 5.74) is 4.10. The average Bonchev–Trinajstić information content (AvgIpc) is 3.18. The zero-order valence-corrected chi connectivity index (χ0v) is 14.3. The predicted molar refractivity (Wildman–Crippen MR) is 94.4 cm³/mol. The van der Waals surface area contributed by atoms with E-state index >= 15 is 0 Å². The molecule has 4 aromatic rings. The lowest BCUT2D eigenvalue weighted by atomic mass is 10.0. The van der Waals surface area contributed by atoms with Crippen molar-refractivity contribution >= 4 is 17.2 Å². The highest BCUT2D eigenvalue weighted by Gasteiger charge is 2.15. The summed E-state index contributed by atoms with van der Waals surface area (Å²) in [7, 11) is 3.29. The molecule has 0 saturated carbocycles. The van der Waals surface area contributed by atoms with Gasteiger partial charge in [-0.3, -0.25) is 9.08 Å². The number of hydrogen-bond acceptors (Lipinski definition) is 3. The second-order valence-corrected chi connectivity index (χ2v) is 6.03. The van der Waals surface area contributed by atoms with Gasteiger partial charge in [-0.25, -0.2) is 9.37 Å². The van der Waals surface area contributed by atoms with Crippen LogP contribution in [-0.4, -0.2) is 26.3 Å². The third-order valence-electron chi connectivity index (χ3n) is 4.02. The number of ether oxygens (including phenoxy) is 1. The van der Waals surface area contributed by atoms with Gasteiger partial charge in [-0.15, -0.1) is 0 Å². The third-order valence-corrected chi connectivity index (χ3v) is 4.30. The van der Waals surface area contributed by atoms with Crippen molar-refractivity contribution in [2.45, 2.75) is 0 Å². The molecule has 0 fully saturated rings. The zero-order chi connectivity index (χ0) is 17.6. The van der Waals surface area contributed by atoms with Crippen LogP contribution < -0.4 is 4.74 Å². The van der Waals surface area contributed by atoms with Gasteiger partial charge < -0.3 is 4.74 Å². The molecule has 1 aromatic carbocycles. The minimum Gasteiger partial charge on any atom is -0.494 e. The number of rotatable bonds is 3. The van der Waals surface area contributed by atoms with Gasteiger partial charge in [-0.1, -0.05) is 17.7 Å². The van der Waals surface area contributed by atoms with Crippen LogP contribution in [0, 0.1) is 5.82 Å². The summed E-state index contributed by atoms with van der Waals surface area (Å²) in [5, 5.41) is 5.09. The maximum Gasteiger partial charge on any atom is 0.165 e. The average molecular weight is 357 g/mol. The molecule has 3 aromatic heterocycles. The first kappa shape index (κ1) is 15.7. The Labute approximate surface area is 148 Å². The molecule has 7 heteroatoms. The molecular weight excluding hydrogens is 343 g/mol. The zero-order valence-electron chi connectivity index (χ0n) is 13.6. The van der Waals surface area contributed by atoms with Gasteiger partial charge in [0.1, 0.15) is 16.5 Å². The van der Waals surface area contributed by atoms with Crippen molar-refractivity contribution in [3.8, 4) is 28.1 Å². The van der Waals surface area contributed by atoms with E-state index in [0.29, 0.717) is 5.15 Å². The summed E-state index contributed by atoms with van der Waals surface area (Å²) in [6.45, 7) is 0. The Morgan fingerprint density at radius 2 is 1.92 bits per heavy atom. The molecule has 3 heterocycles. The largest absolute Gasteiger partial charge is 0.494 e. The molecule has 0 aliphatic rings. The van der Waals surface area contributed by atoms with Crippen LogP contribution in [0.25, 0.3) is 28.0 Å². The number of pyridine rings is 1. The quantitative estimate of drug-likeness (QED) is 0.552. The summed E-state index contributed by atoms with van der Waals surface area (Å²) in [6, 6.07) is 8.58. The van der Waals surface area contributed by atoms with Crippen molar-refractivity contribution in [3.05, 3.63) is 59.9 Å². The van der Waals surface area contributed by atoms with E-state index in [4.69, 9.17) is 16.3 Å². The fraction of sp³-hybridized carbons (Fsp3) is 0.111. The summed E-state index contributed by atoms with van der Waals surface area (Å²) < 4.78 is 22.3. The van der Waals surface area contributed by atoms with E-state index in [1.165, 1.54) is 13.2 Å². The van der Waals surface area contributed by atoms with Gasteiger partial charge in [-0.2, -0.15) is 5.10 Å². The Balaban J connectivity index is 1.89. The lowest BCUT2D eigenvalue weighted by Crippen LogP contribution is -1.91. The van der Waals surface area contributed by atoms with Crippen LogP contribution in [-0.2, 0) is 7.05 Å². The first-order valence-corrected chi connectivity index (χ1v) is 7.95. The Hall–Kier alpha value is -2.86. The minimum atomic E-state index is -0.400. The fourth-order valence-electron chi connectivity index (χ4n) is 2.83. The highest BCUT2D eigenvalue weighted by molar-refractivity contribution is 6.29. The second-order valence-electron chi connectivity index (χ2n) is 5.64. The maximum atomic E-state index is 13.7. The van der Waals surface area contributed by atoms with Crippen LogP contribution in [0.5, 0.6) is 5.75 Å². The molecule has 0 amide bonds. The summed E-state index contributed by atoms with van der Waals surface area (Å²) in [4.78, 5) is 4.22. The molecule has 0 saturated heterocycles. The van der Waals surface area contributed by atoms with Crippen LogP contribution in [0.15, 0.2) is 48.9 Å². The third kappa shape index (κ3) is 2.64. The number of nitrogens with zero attached hydrogens (tertiary/aromatic N) is 4. The minimum absolute atomic E-state index is 0.195. The fourth-order valence-corrected chi connectivity index (χ4v) is 3.02. The van der Waals surface area contributed by atoms with E-state index in [-0.39, 0.29) is 5.75 Å². The standard InChI is InChI=1S/C18H14ClFN4O/c1-23-10-13(11-3-5-14(20)15(7-11)25-2)18(22-23)12-4-6-17-21-8-16(19)24(17)9-12/h3-10H,1-2H3. The number of fused-ring (bicyclic) bond motifs is 1. The van der Waals surface area contributed by atoms with Crippen molar-refractivity contribution in [3.63, 3.8) is 0 Å². The van der Waals surface area contributed by atoms with Gasteiger partial charge in [0, 0.05) is 30.6 Å². The highest BCUT2D eigenvalue weighted by atomic mass is 35.5. The normalized spacial score (nSPS) is 11.2. The summed E-state index contributed by atoms with van der Waals surface area (Å²) in [6.07, 6.45) is 5.38. The maximum absolute atomic E-state index is 13.7. The molecule has 25 heavy (non-hydrogen) atoms. The highest BCUT2D eigenvalue weighted by Crippen LogP contribution is 2.34. The van der Waals surface area contributed by atoms with Gasteiger partial charge >= 0.3 is 0 Å². The number of halogens is 2. The Morgan fingerprint density at radius 3 is 2.72 bits per heavy atom. The van der Waals surface area contributed by atoms with Crippen LogP contribution in [0.2, 0.25) is 5.15 Å². The summed E-state index contributed by atoms with van der Waals surface area (Å²) >= 11 is 6.17. The number of imidazole rings is 1. The van der Waals surface area contributed by atoms with Gasteiger partial charge in [0.2, 0.25) is 0 Å². The van der Waals surface area contributed by atoms with Crippen molar-refractivity contribution < 1.29 is 9.13 Å². The molecule has 0 spiro atoms. The molecule has 0 bridgehead atoms. The first-order valence-electron chi connectivity index (χ1n) is 7.57. The molecule has 0 radical (unpaired) electrons. The van der Waals surface area contributed by atoms with Crippen molar-refractivity contribution in [2.75, 3.05) is 7.11 Å². The van der Waals surface area contributed by atoms with E-state index in [1.807, 2.05) is 31.6 Å². The summed E-state index contributed by atoms with van der Waals surface area (Å²) in [5.74, 6) is -0.205. The molecular formula is C18H14ClFN4O. The molecule has 0 N–H and O–H groups in total. The van der Waals surface area contributed by atoms with Crippen molar-refractivity contribution in [1.29, 1.82) is 0 Å². The van der Waals surface area contributed by atoms with Crippen molar-refractivity contribution in [2.24, 2.45) is 7.05 Å². The molecule has 5 nitrogen and oxygen atoms in total. The van der Waals surface area contributed by atoms with Gasteiger partial charge in [0.15, 0.2) is 11.6 Å². The van der Waals surface area contributed by atoms with Crippen LogP contribution in [0.3, 0.4) is 0 Å². The number of aromatic nitrogens is 4. The number of benzene rings is 1. The molecule has 0 aliphatic carbocycles. The lowest BCUT2D eigenvalue weighted by molar-refractivity contribution is 0.387. The van der Waals surface area contributed by atoms with Crippen LogP contribution in [0.4, 0.5) is 4.39 Å². The van der Waals surface area contributed by atoms with E-state index in [2.05, 4.69) is 10.1 Å². The topological polar surface area (TPSA) is 44.3 Å². The van der Waals surface area contributed by atoms with E-state index in [1.54, 1.807) is 27.4 Å². The smallest absolute Gasteiger partial charge is 0.165 e. The van der Waals surface area contributed by atoms with E-state index in [9.17, 15) is 4.39 Å². The van der Waals surface area contributed by atoms with Gasteiger partial charge in [0.25, 0.3) is 0 Å². The first-order chi connectivity index (χ1) is 12.1. The van der Waals surface area contributed by atoms with Crippen LogP contribution in [0.1, 0.15) is 0 Å². The Bertz CT molecular complexity index is 1090. The Kier molecular flexibility index (Phi) is 3.69. The van der Waals surface area contributed by atoms with E-state index < -0.39 is 5.82 Å². The number of methoxy groups -OCH3 is 1. The monoisotopic (exact) mass is 356 g/mol. The number of hydrogen-bond donors (Lipinski definition) is 0. The van der Waals surface area contributed by atoms with Gasteiger partial charge in [-0.05, 0) is 29.8 Å². The Morgan fingerprint density at radius 1 is 1.12 bits per heavy atom. The molecule has 0 atom stereocenters. The SMILES string of the molecule is COc1cc(-c2cn(C)nc2-c2ccc3ncc(Cl)n3c2)ccc1F. The molecule has 0 aliphatic heterocycles. The predicted octanol–water partition coefficient (Wildman–Crippen LogP) is 4.20. The number of aryl methyl sites for hydroxylation is 1. The van der Waals surface area contributed by atoms with Gasteiger partial charge in [0.05, 0.1) is 13.3 Å². The van der Waals surface area contributed by atoms with Crippen LogP contribution >= 0.6 is 11.6 Å². The molecule has 126 valence electrons. The second kappa shape index (κ2) is 5.89. The molecule has 0 unspecified atom stereocenters.